The van der Waals surface area contributed by atoms with E-state index in [2.05, 4.69) is 5.32 Å². The number of hydrogen-bond donors (Lipinski definition) is 1. The van der Waals surface area contributed by atoms with E-state index in [1.807, 2.05) is 67.5 Å². The van der Waals surface area contributed by atoms with E-state index in [9.17, 15) is 4.79 Å². The van der Waals surface area contributed by atoms with Crippen molar-refractivity contribution in [3.63, 3.8) is 0 Å². The first-order valence-electron chi connectivity index (χ1n) is 10.0. The Balaban J connectivity index is 1.68. The third kappa shape index (κ3) is 5.99. The van der Waals surface area contributed by atoms with E-state index in [-0.39, 0.29) is 5.91 Å². The zero-order valence-corrected chi connectivity index (χ0v) is 18.3. The van der Waals surface area contributed by atoms with E-state index in [1.165, 1.54) is 0 Å². The quantitative estimate of drug-likeness (QED) is 0.550. The number of likely N-dealkylation sites (N-methyl/N-ethyl adjacent to an activating group) is 1. The molecule has 0 radical (unpaired) electrons. The number of ether oxygens (including phenoxy) is 3. The predicted octanol–water partition coefficient (Wildman–Crippen LogP) is 4.56. The molecule has 1 amide bonds. The second-order valence-corrected chi connectivity index (χ2v) is 7.28. The Hall–Kier alpha value is -3.51. The fourth-order valence-electron chi connectivity index (χ4n) is 3.01. The maximum atomic E-state index is 12.7. The van der Waals surface area contributed by atoms with Crippen molar-refractivity contribution in [1.29, 1.82) is 0 Å². The summed E-state index contributed by atoms with van der Waals surface area (Å²) in [5.74, 6) is 1.84. The van der Waals surface area contributed by atoms with E-state index >= 15 is 0 Å². The van der Waals surface area contributed by atoms with Gasteiger partial charge in [-0.15, -0.1) is 0 Å². The molecule has 0 spiro atoms. The van der Waals surface area contributed by atoms with Gasteiger partial charge in [-0.05, 0) is 61.6 Å². The summed E-state index contributed by atoms with van der Waals surface area (Å²) >= 11 is 0. The van der Waals surface area contributed by atoms with Crippen molar-refractivity contribution in [2.45, 2.75) is 0 Å². The van der Waals surface area contributed by atoms with Crippen molar-refractivity contribution in [2.75, 3.05) is 46.8 Å². The van der Waals surface area contributed by atoms with Gasteiger partial charge in [0.1, 0.15) is 12.4 Å². The maximum absolute atomic E-state index is 12.7. The monoisotopic (exact) mass is 420 g/mol. The van der Waals surface area contributed by atoms with Crippen LogP contribution in [0, 0.1) is 0 Å². The van der Waals surface area contributed by atoms with Gasteiger partial charge >= 0.3 is 0 Å². The molecule has 3 rings (SSSR count). The Morgan fingerprint density at radius 2 is 1.48 bits per heavy atom. The summed E-state index contributed by atoms with van der Waals surface area (Å²) in [6, 6.07) is 20.6. The van der Waals surface area contributed by atoms with Gasteiger partial charge in [-0.3, -0.25) is 4.79 Å². The molecule has 3 aromatic rings. The first-order valence-corrected chi connectivity index (χ1v) is 10.0. The first kappa shape index (κ1) is 22.2. The zero-order valence-electron chi connectivity index (χ0n) is 18.3. The number of nitrogens with one attached hydrogen (secondary N) is 1. The first-order chi connectivity index (χ1) is 15.0. The lowest BCUT2D eigenvalue weighted by Gasteiger charge is -2.15. The third-order valence-corrected chi connectivity index (χ3v) is 4.79. The summed E-state index contributed by atoms with van der Waals surface area (Å²) in [5.41, 5.74) is 3.30. The van der Waals surface area contributed by atoms with Gasteiger partial charge in [-0.25, -0.2) is 0 Å². The molecule has 0 aliphatic rings. The van der Waals surface area contributed by atoms with Crippen LogP contribution in [0.1, 0.15) is 10.4 Å². The van der Waals surface area contributed by atoms with Crippen LogP contribution in [0.5, 0.6) is 17.2 Å². The Bertz CT molecular complexity index is 999. The predicted molar refractivity (Wildman–Crippen MR) is 123 cm³/mol. The Morgan fingerprint density at radius 1 is 0.839 bits per heavy atom. The van der Waals surface area contributed by atoms with E-state index in [0.717, 1.165) is 23.4 Å². The second kappa shape index (κ2) is 10.5. The number of methoxy groups -OCH3 is 2. The van der Waals surface area contributed by atoms with Crippen LogP contribution in [0.25, 0.3) is 11.1 Å². The van der Waals surface area contributed by atoms with Crippen molar-refractivity contribution in [1.82, 2.24) is 4.90 Å². The number of carbonyl (C=O) groups excluding carboxylic acids is 1. The van der Waals surface area contributed by atoms with Gasteiger partial charge in [0, 0.05) is 23.9 Å². The molecule has 3 aromatic carbocycles. The number of nitrogens with zero attached hydrogens (tertiary/aromatic N) is 1. The highest BCUT2D eigenvalue weighted by Crippen LogP contribution is 2.30. The molecule has 0 aliphatic carbocycles. The molecule has 1 N–H and O–H groups in total. The molecule has 0 aliphatic heterocycles. The molecular formula is C25H28N2O4. The van der Waals surface area contributed by atoms with Crippen LogP contribution in [-0.4, -0.2) is 52.3 Å². The second-order valence-electron chi connectivity index (χ2n) is 7.28. The minimum absolute atomic E-state index is 0.189. The highest BCUT2D eigenvalue weighted by molar-refractivity contribution is 6.04. The number of hydrogen-bond acceptors (Lipinski definition) is 5. The topological polar surface area (TPSA) is 60.0 Å². The van der Waals surface area contributed by atoms with Crippen LogP contribution in [-0.2, 0) is 0 Å². The Morgan fingerprint density at radius 3 is 2.06 bits per heavy atom. The van der Waals surface area contributed by atoms with Crippen LogP contribution in [0.2, 0.25) is 0 Å². The summed E-state index contributed by atoms with van der Waals surface area (Å²) in [7, 11) is 7.20. The standard InChI is InChI=1S/C25H28N2O4/c1-27(2)15-16-31-24-17-21(11-14-23(24)30-4)26-25(28)20-7-5-18(6-8-20)19-9-12-22(29-3)13-10-19/h5-14,17H,15-16H2,1-4H3,(H,26,28). The van der Waals surface area contributed by atoms with E-state index < -0.39 is 0 Å². The number of amides is 1. The average molecular weight is 421 g/mol. The van der Waals surface area contributed by atoms with E-state index in [0.29, 0.717) is 29.4 Å². The van der Waals surface area contributed by atoms with Crippen LogP contribution in [0.4, 0.5) is 5.69 Å². The molecule has 0 unspecified atom stereocenters. The fraction of sp³-hybridized carbons (Fsp3) is 0.240. The van der Waals surface area contributed by atoms with E-state index in [4.69, 9.17) is 14.2 Å². The Kier molecular flexibility index (Phi) is 7.51. The molecule has 0 aromatic heterocycles. The van der Waals surface area contributed by atoms with Gasteiger partial charge in [0.15, 0.2) is 11.5 Å². The molecule has 0 saturated heterocycles. The highest BCUT2D eigenvalue weighted by atomic mass is 16.5. The van der Waals surface area contributed by atoms with Gasteiger partial charge in [-0.2, -0.15) is 0 Å². The van der Waals surface area contributed by atoms with Crippen molar-refractivity contribution in [3.8, 4) is 28.4 Å². The number of anilines is 1. The van der Waals surface area contributed by atoms with Crippen LogP contribution < -0.4 is 19.5 Å². The van der Waals surface area contributed by atoms with Crippen LogP contribution >= 0.6 is 0 Å². The van der Waals surface area contributed by atoms with Gasteiger partial charge in [-0.1, -0.05) is 24.3 Å². The Labute approximate surface area is 183 Å². The summed E-state index contributed by atoms with van der Waals surface area (Å²) < 4.78 is 16.4. The zero-order chi connectivity index (χ0) is 22.2. The van der Waals surface area contributed by atoms with Crippen molar-refractivity contribution >= 4 is 11.6 Å². The van der Waals surface area contributed by atoms with Crippen molar-refractivity contribution < 1.29 is 19.0 Å². The molecule has 6 nitrogen and oxygen atoms in total. The number of carbonyl (C=O) groups is 1. The molecule has 0 atom stereocenters. The largest absolute Gasteiger partial charge is 0.497 e. The SMILES string of the molecule is COc1ccc(-c2ccc(C(=O)Nc3ccc(OC)c(OCCN(C)C)c3)cc2)cc1. The molecule has 0 saturated carbocycles. The molecule has 0 heterocycles. The molecule has 31 heavy (non-hydrogen) atoms. The third-order valence-electron chi connectivity index (χ3n) is 4.79. The smallest absolute Gasteiger partial charge is 0.255 e. The lowest BCUT2D eigenvalue weighted by molar-refractivity contribution is 0.102. The van der Waals surface area contributed by atoms with E-state index in [1.54, 1.807) is 32.4 Å². The lowest BCUT2D eigenvalue weighted by atomic mass is 10.0. The van der Waals surface area contributed by atoms with Crippen molar-refractivity contribution in [2.24, 2.45) is 0 Å². The number of rotatable bonds is 9. The highest BCUT2D eigenvalue weighted by Gasteiger charge is 2.11. The number of benzene rings is 3. The fourth-order valence-corrected chi connectivity index (χ4v) is 3.01. The van der Waals surface area contributed by atoms with Crippen molar-refractivity contribution in [3.05, 3.63) is 72.3 Å². The minimum Gasteiger partial charge on any atom is -0.497 e. The summed E-state index contributed by atoms with van der Waals surface area (Å²) in [6.45, 7) is 1.30. The molecule has 0 bridgehead atoms. The normalized spacial score (nSPS) is 10.6. The van der Waals surface area contributed by atoms with Gasteiger partial charge in [0.2, 0.25) is 0 Å². The summed E-state index contributed by atoms with van der Waals surface area (Å²) in [6.07, 6.45) is 0. The molecule has 6 heteroatoms. The van der Waals surface area contributed by atoms with Gasteiger partial charge in [0.25, 0.3) is 5.91 Å². The summed E-state index contributed by atoms with van der Waals surface area (Å²) in [4.78, 5) is 14.7. The minimum atomic E-state index is -0.189. The molecular weight excluding hydrogens is 392 g/mol. The average Bonchev–Trinajstić information content (AvgIpc) is 2.79. The van der Waals surface area contributed by atoms with Gasteiger partial charge < -0.3 is 24.4 Å². The molecule has 162 valence electrons. The maximum Gasteiger partial charge on any atom is 0.255 e. The van der Waals surface area contributed by atoms with Gasteiger partial charge in [0.05, 0.1) is 14.2 Å². The van der Waals surface area contributed by atoms with Crippen LogP contribution in [0.15, 0.2) is 66.7 Å². The summed E-state index contributed by atoms with van der Waals surface area (Å²) in [5, 5.41) is 2.92. The van der Waals surface area contributed by atoms with Crippen LogP contribution in [0.3, 0.4) is 0 Å². The molecule has 0 fully saturated rings. The lowest BCUT2D eigenvalue weighted by Crippen LogP contribution is -2.19.